The summed E-state index contributed by atoms with van der Waals surface area (Å²) in [6.45, 7) is 8.11. The van der Waals surface area contributed by atoms with E-state index in [1.807, 2.05) is 0 Å². The summed E-state index contributed by atoms with van der Waals surface area (Å²) in [6, 6.07) is 4.93. The minimum Gasteiger partial charge on any atom is -0.465 e. The fraction of sp³-hybridized carbons (Fsp3) is 0.778. The maximum atomic E-state index is 9.28. The van der Waals surface area contributed by atoms with Crippen LogP contribution in [0.3, 0.4) is 0 Å². The van der Waals surface area contributed by atoms with Crippen molar-refractivity contribution in [3.8, 4) is 0 Å². The zero-order chi connectivity index (χ0) is 15.4. The summed E-state index contributed by atoms with van der Waals surface area (Å²) in [6.07, 6.45) is 5.89. The van der Waals surface area contributed by atoms with Crippen molar-refractivity contribution in [2.24, 2.45) is 5.92 Å². The van der Waals surface area contributed by atoms with Crippen molar-refractivity contribution in [1.29, 1.82) is 0 Å². The molecule has 0 aliphatic carbocycles. The molecule has 2 aliphatic heterocycles. The standard InChI is InChI=1S/C18H30N2O2/c1-2-17-5-6-18(22-17)13-19-9-3-4-16(12-19)20-10-7-15(14-21)8-11-20/h5-6,15-16,21H,2-4,7-14H2,1H3. The van der Waals surface area contributed by atoms with Gasteiger partial charge in [0.1, 0.15) is 11.5 Å². The van der Waals surface area contributed by atoms with E-state index < -0.39 is 0 Å². The van der Waals surface area contributed by atoms with Crippen molar-refractivity contribution in [3.05, 3.63) is 23.7 Å². The summed E-state index contributed by atoms with van der Waals surface area (Å²) in [4.78, 5) is 5.20. The number of aliphatic hydroxyl groups excluding tert-OH is 1. The molecule has 2 saturated heterocycles. The average Bonchev–Trinajstić information content (AvgIpc) is 3.03. The second-order valence-corrected chi connectivity index (χ2v) is 6.91. The molecule has 22 heavy (non-hydrogen) atoms. The summed E-state index contributed by atoms with van der Waals surface area (Å²) in [5.74, 6) is 2.73. The van der Waals surface area contributed by atoms with Crippen molar-refractivity contribution in [3.63, 3.8) is 0 Å². The number of hydrogen-bond donors (Lipinski definition) is 1. The Hall–Kier alpha value is -0.840. The maximum Gasteiger partial charge on any atom is 0.118 e. The van der Waals surface area contributed by atoms with E-state index in [0.717, 1.165) is 57.0 Å². The first-order chi connectivity index (χ1) is 10.8. The molecule has 2 fully saturated rings. The Bertz CT molecular complexity index is 452. The molecule has 1 unspecified atom stereocenters. The predicted molar refractivity (Wildman–Crippen MR) is 87.8 cm³/mol. The first-order valence-corrected chi connectivity index (χ1v) is 8.93. The van der Waals surface area contributed by atoms with Gasteiger partial charge in [0.25, 0.3) is 0 Å². The summed E-state index contributed by atoms with van der Waals surface area (Å²) >= 11 is 0. The summed E-state index contributed by atoms with van der Waals surface area (Å²) in [5, 5.41) is 9.28. The predicted octanol–water partition coefficient (Wildman–Crippen LogP) is 2.51. The monoisotopic (exact) mass is 306 g/mol. The Morgan fingerprint density at radius 1 is 1.14 bits per heavy atom. The van der Waals surface area contributed by atoms with Gasteiger partial charge in [-0.05, 0) is 63.4 Å². The topological polar surface area (TPSA) is 39.9 Å². The van der Waals surface area contributed by atoms with Crippen LogP contribution in [0.5, 0.6) is 0 Å². The molecule has 0 aromatic carbocycles. The molecule has 4 heteroatoms. The Kier molecular flexibility index (Phi) is 5.55. The SMILES string of the molecule is CCc1ccc(CN2CCCC(N3CCC(CO)CC3)C2)o1. The van der Waals surface area contributed by atoms with Gasteiger partial charge < -0.3 is 9.52 Å². The molecule has 4 nitrogen and oxygen atoms in total. The molecule has 0 saturated carbocycles. The smallest absolute Gasteiger partial charge is 0.118 e. The fourth-order valence-corrected chi connectivity index (χ4v) is 3.89. The van der Waals surface area contributed by atoms with Gasteiger partial charge in [-0.25, -0.2) is 0 Å². The lowest BCUT2D eigenvalue weighted by Crippen LogP contribution is -2.50. The van der Waals surface area contributed by atoms with Crippen LogP contribution in [0.1, 0.15) is 44.1 Å². The van der Waals surface area contributed by atoms with Crippen LogP contribution in [-0.2, 0) is 13.0 Å². The van der Waals surface area contributed by atoms with Crippen LogP contribution in [-0.4, -0.2) is 53.7 Å². The second-order valence-electron chi connectivity index (χ2n) is 6.91. The summed E-state index contributed by atoms with van der Waals surface area (Å²) in [5.41, 5.74) is 0. The molecule has 2 aliphatic rings. The van der Waals surface area contributed by atoms with Crippen LogP contribution in [0.15, 0.2) is 16.5 Å². The lowest BCUT2D eigenvalue weighted by Gasteiger charge is -2.42. The normalized spacial score (nSPS) is 25.6. The number of furan rings is 1. The summed E-state index contributed by atoms with van der Waals surface area (Å²) in [7, 11) is 0. The van der Waals surface area contributed by atoms with Crippen molar-refractivity contribution in [1.82, 2.24) is 9.80 Å². The first kappa shape index (κ1) is 16.0. The number of rotatable bonds is 5. The van der Waals surface area contributed by atoms with Crippen LogP contribution in [0, 0.1) is 5.92 Å². The first-order valence-electron chi connectivity index (χ1n) is 8.93. The van der Waals surface area contributed by atoms with E-state index in [1.165, 1.54) is 19.4 Å². The van der Waals surface area contributed by atoms with Gasteiger partial charge >= 0.3 is 0 Å². The lowest BCUT2D eigenvalue weighted by molar-refractivity contribution is 0.0522. The maximum absolute atomic E-state index is 9.28. The molecule has 1 aromatic heterocycles. The van der Waals surface area contributed by atoms with E-state index in [4.69, 9.17) is 4.42 Å². The number of likely N-dealkylation sites (tertiary alicyclic amines) is 2. The number of piperidine rings is 2. The van der Waals surface area contributed by atoms with Crippen molar-refractivity contribution < 1.29 is 9.52 Å². The Labute approximate surface area is 134 Å². The van der Waals surface area contributed by atoms with E-state index in [9.17, 15) is 5.11 Å². The highest BCUT2D eigenvalue weighted by Gasteiger charge is 2.28. The van der Waals surface area contributed by atoms with Crippen LogP contribution in [0.2, 0.25) is 0 Å². The van der Waals surface area contributed by atoms with Gasteiger partial charge in [-0.1, -0.05) is 6.92 Å². The Morgan fingerprint density at radius 2 is 1.91 bits per heavy atom. The van der Waals surface area contributed by atoms with Crippen molar-refractivity contribution in [2.75, 3.05) is 32.8 Å². The van der Waals surface area contributed by atoms with Crippen molar-refractivity contribution in [2.45, 2.75) is 51.6 Å². The van der Waals surface area contributed by atoms with Crippen LogP contribution in [0.4, 0.5) is 0 Å². The van der Waals surface area contributed by atoms with Gasteiger partial charge in [-0.3, -0.25) is 9.80 Å². The number of aryl methyl sites for hydroxylation is 1. The van der Waals surface area contributed by atoms with E-state index in [0.29, 0.717) is 18.6 Å². The molecule has 3 rings (SSSR count). The molecule has 3 heterocycles. The number of nitrogens with zero attached hydrogens (tertiary/aromatic N) is 2. The highest BCUT2D eigenvalue weighted by Crippen LogP contribution is 2.24. The molecule has 0 amide bonds. The quantitative estimate of drug-likeness (QED) is 0.907. The highest BCUT2D eigenvalue weighted by atomic mass is 16.3. The van der Waals surface area contributed by atoms with Crippen LogP contribution < -0.4 is 0 Å². The number of aliphatic hydroxyl groups is 1. The zero-order valence-electron chi connectivity index (χ0n) is 13.8. The van der Waals surface area contributed by atoms with Gasteiger partial charge in [0.15, 0.2) is 0 Å². The van der Waals surface area contributed by atoms with E-state index >= 15 is 0 Å². The third-order valence-corrected chi connectivity index (χ3v) is 5.35. The minimum absolute atomic E-state index is 0.364. The van der Waals surface area contributed by atoms with Gasteiger partial charge in [0.05, 0.1) is 6.54 Å². The van der Waals surface area contributed by atoms with E-state index in [1.54, 1.807) is 0 Å². The molecule has 1 aromatic rings. The Balaban J connectivity index is 1.51. The molecule has 124 valence electrons. The molecule has 1 N–H and O–H groups in total. The molecule has 0 bridgehead atoms. The largest absolute Gasteiger partial charge is 0.465 e. The molecular weight excluding hydrogens is 276 g/mol. The van der Waals surface area contributed by atoms with Gasteiger partial charge in [0.2, 0.25) is 0 Å². The van der Waals surface area contributed by atoms with Gasteiger partial charge in [0, 0.05) is 25.6 Å². The second kappa shape index (κ2) is 7.62. The van der Waals surface area contributed by atoms with Crippen LogP contribution >= 0.6 is 0 Å². The minimum atomic E-state index is 0.364. The molecular formula is C18H30N2O2. The fourth-order valence-electron chi connectivity index (χ4n) is 3.89. The molecule has 1 atom stereocenters. The average molecular weight is 306 g/mol. The van der Waals surface area contributed by atoms with E-state index in [-0.39, 0.29) is 0 Å². The van der Waals surface area contributed by atoms with Gasteiger partial charge in [-0.15, -0.1) is 0 Å². The zero-order valence-corrected chi connectivity index (χ0v) is 13.8. The third-order valence-electron chi connectivity index (χ3n) is 5.35. The van der Waals surface area contributed by atoms with Gasteiger partial charge in [-0.2, -0.15) is 0 Å². The lowest BCUT2D eigenvalue weighted by atomic mass is 9.94. The third kappa shape index (κ3) is 3.92. The Morgan fingerprint density at radius 3 is 2.59 bits per heavy atom. The number of hydrogen-bond acceptors (Lipinski definition) is 4. The highest BCUT2D eigenvalue weighted by molar-refractivity contribution is 5.07. The van der Waals surface area contributed by atoms with Crippen LogP contribution in [0.25, 0.3) is 0 Å². The van der Waals surface area contributed by atoms with Crippen molar-refractivity contribution >= 4 is 0 Å². The van der Waals surface area contributed by atoms with E-state index in [2.05, 4.69) is 28.9 Å². The molecule has 0 radical (unpaired) electrons. The molecule has 0 spiro atoms. The summed E-state index contributed by atoms with van der Waals surface area (Å²) < 4.78 is 5.86.